The van der Waals surface area contributed by atoms with E-state index in [1.54, 1.807) is 23.3 Å². The van der Waals surface area contributed by atoms with Crippen LogP contribution >= 0.6 is 0 Å². The van der Waals surface area contributed by atoms with Gasteiger partial charge in [0.1, 0.15) is 12.1 Å². The number of anilines is 1. The van der Waals surface area contributed by atoms with Crippen LogP contribution in [0.3, 0.4) is 0 Å². The smallest absolute Gasteiger partial charge is 0.243 e. The van der Waals surface area contributed by atoms with Gasteiger partial charge in [-0.25, -0.2) is 17.8 Å². The first-order valence-electron chi connectivity index (χ1n) is 8.37. The van der Waals surface area contributed by atoms with Gasteiger partial charge in [-0.3, -0.25) is 4.57 Å². The van der Waals surface area contributed by atoms with Crippen LogP contribution in [0.4, 0.5) is 10.2 Å². The summed E-state index contributed by atoms with van der Waals surface area (Å²) >= 11 is 0. The van der Waals surface area contributed by atoms with Gasteiger partial charge in [-0.2, -0.15) is 4.31 Å². The van der Waals surface area contributed by atoms with Gasteiger partial charge in [0.25, 0.3) is 0 Å². The molecule has 3 aromatic rings. The minimum absolute atomic E-state index is 0.0274. The summed E-state index contributed by atoms with van der Waals surface area (Å²) in [5, 5.41) is 8.40. The second-order valence-electron chi connectivity index (χ2n) is 6.07. The fourth-order valence-electron chi connectivity index (χ4n) is 2.95. The number of imidazole rings is 1. The van der Waals surface area contributed by atoms with Crippen LogP contribution in [-0.4, -0.2) is 58.7 Å². The van der Waals surface area contributed by atoms with E-state index in [2.05, 4.69) is 15.2 Å². The van der Waals surface area contributed by atoms with Gasteiger partial charge in [0.05, 0.1) is 4.90 Å². The molecule has 1 fully saturated rings. The molecule has 3 heterocycles. The molecule has 1 aliphatic heterocycles. The van der Waals surface area contributed by atoms with E-state index in [1.807, 2.05) is 17.0 Å². The third-order valence-corrected chi connectivity index (χ3v) is 6.30. The van der Waals surface area contributed by atoms with Crippen LogP contribution in [0, 0.1) is 5.82 Å². The summed E-state index contributed by atoms with van der Waals surface area (Å²) < 4.78 is 41.8. The van der Waals surface area contributed by atoms with Gasteiger partial charge in [0.2, 0.25) is 10.0 Å². The highest BCUT2D eigenvalue weighted by atomic mass is 32.2. The van der Waals surface area contributed by atoms with Gasteiger partial charge in [-0.1, -0.05) is 6.07 Å². The fraction of sp³-hybridized carbons (Fsp3) is 0.235. The number of hydrogen-bond donors (Lipinski definition) is 0. The lowest BCUT2D eigenvalue weighted by molar-refractivity contribution is 0.383. The Labute approximate surface area is 155 Å². The fourth-order valence-corrected chi connectivity index (χ4v) is 4.41. The first-order chi connectivity index (χ1) is 13.0. The maximum absolute atomic E-state index is 13.4. The van der Waals surface area contributed by atoms with E-state index >= 15 is 0 Å². The molecule has 1 saturated heterocycles. The van der Waals surface area contributed by atoms with Gasteiger partial charge in [-0.15, -0.1) is 10.2 Å². The predicted molar refractivity (Wildman–Crippen MR) is 96.5 cm³/mol. The number of rotatable bonds is 4. The highest BCUT2D eigenvalue weighted by Gasteiger charge is 2.29. The monoisotopic (exact) mass is 388 g/mol. The van der Waals surface area contributed by atoms with Crippen LogP contribution < -0.4 is 4.90 Å². The predicted octanol–water partition coefficient (Wildman–Crippen LogP) is 1.31. The zero-order chi connectivity index (χ0) is 18.9. The lowest BCUT2D eigenvalue weighted by Crippen LogP contribution is -2.49. The summed E-state index contributed by atoms with van der Waals surface area (Å²) in [7, 11) is -3.71. The first kappa shape index (κ1) is 17.6. The van der Waals surface area contributed by atoms with Crippen LogP contribution in [0.1, 0.15) is 0 Å². The van der Waals surface area contributed by atoms with Gasteiger partial charge >= 0.3 is 0 Å². The van der Waals surface area contributed by atoms with Crippen molar-refractivity contribution in [2.75, 3.05) is 31.1 Å². The quantitative estimate of drug-likeness (QED) is 0.670. The molecule has 4 rings (SSSR count). The maximum atomic E-state index is 13.4. The van der Waals surface area contributed by atoms with Crippen molar-refractivity contribution < 1.29 is 12.8 Å². The number of benzene rings is 1. The summed E-state index contributed by atoms with van der Waals surface area (Å²) in [4.78, 5) is 5.92. The zero-order valence-electron chi connectivity index (χ0n) is 14.3. The lowest BCUT2D eigenvalue weighted by atomic mass is 10.3. The summed E-state index contributed by atoms with van der Waals surface area (Å²) in [5.41, 5.74) is 0. The average Bonchev–Trinajstić information content (AvgIpc) is 3.23. The molecule has 10 heteroatoms. The van der Waals surface area contributed by atoms with Gasteiger partial charge < -0.3 is 4.90 Å². The summed E-state index contributed by atoms with van der Waals surface area (Å²) in [6, 6.07) is 8.75. The molecule has 0 spiro atoms. The van der Waals surface area contributed by atoms with Crippen molar-refractivity contribution in [3.8, 4) is 5.82 Å². The average molecular weight is 388 g/mol. The van der Waals surface area contributed by atoms with E-state index < -0.39 is 15.8 Å². The molecule has 2 aromatic heterocycles. The highest BCUT2D eigenvalue weighted by Crippen LogP contribution is 2.20. The maximum Gasteiger partial charge on any atom is 0.243 e. The summed E-state index contributed by atoms with van der Waals surface area (Å²) in [5.74, 6) is 0.771. The molecule has 0 radical (unpaired) electrons. The molecule has 0 amide bonds. The molecular formula is C17H17FN6O2S. The first-order valence-corrected chi connectivity index (χ1v) is 9.81. The van der Waals surface area contributed by atoms with Crippen LogP contribution in [0.25, 0.3) is 5.82 Å². The Balaban J connectivity index is 1.44. The number of piperazine rings is 1. The van der Waals surface area contributed by atoms with E-state index in [-0.39, 0.29) is 4.90 Å². The Bertz CT molecular complexity index is 1020. The Morgan fingerprint density at radius 3 is 2.33 bits per heavy atom. The zero-order valence-corrected chi connectivity index (χ0v) is 15.1. The SMILES string of the molecule is O=S(=O)(c1cccc(F)c1)N1CCN(c2ccc(-n3ccnc3)nn2)CC1. The largest absolute Gasteiger partial charge is 0.352 e. The van der Waals surface area contributed by atoms with E-state index in [0.29, 0.717) is 37.8 Å². The molecule has 0 N–H and O–H groups in total. The molecule has 0 unspecified atom stereocenters. The van der Waals surface area contributed by atoms with Crippen LogP contribution in [-0.2, 0) is 10.0 Å². The standard InChI is InChI=1S/C17H17FN6O2S/c18-14-2-1-3-15(12-14)27(25,26)24-10-8-22(9-11-24)16-4-5-17(21-20-16)23-7-6-19-13-23/h1-7,12-13H,8-11H2. The van der Waals surface area contributed by atoms with E-state index in [9.17, 15) is 12.8 Å². The Hall–Kier alpha value is -2.85. The molecule has 27 heavy (non-hydrogen) atoms. The summed E-state index contributed by atoms with van der Waals surface area (Å²) in [6.45, 7) is 1.55. The molecule has 0 atom stereocenters. The Morgan fingerprint density at radius 1 is 0.963 bits per heavy atom. The molecule has 0 bridgehead atoms. The Morgan fingerprint density at radius 2 is 1.70 bits per heavy atom. The minimum Gasteiger partial charge on any atom is -0.352 e. The molecule has 140 valence electrons. The second kappa shape index (κ2) is 7.05. The number of sulfonamides is 1. The number of hydrogen-bond acceptors (Lipinski definition) is 6. The van der Waals surface area contributed by atoms with Crippen molar-refractivity contribution in [2.45, 2.75) is 4.90 Å². The van der Waals surface area contributed by atoms with Crippen LogP contribution in [0.15, 0.2) is 60.0 Å². The van der Waals surface area contributed by atoms with Crippen LogP contribution in [0.2, 0.25) is 0 Å². The Kier molecular flexibility index (Phi) is 4.58. The number of aromatic nitrogens is 4. The molecule has 0 saturated carbocycles. The molecular weight excluding hydrogens is 371 g/mol. The van der Waals surface area contributed by atoms with Gasteiger partial charge in [-0.05, 0) is 30.3 Å². The lowest BCUT2D eigenvalue weighted by Gasteiger charge is -2.34. The van der Waals surface area contributed by atoms with Gasteiger partial charge in [0, 0.05) is 38.6 Å². The van der Waals surface area contributed by atoms with Crippen molar-refractivity contribution in [2.24, 2.45) is 0 Å². The third-order valence-electron chi connectivity index (χ3n) is 4.40. The van der Waals surface area contributed by atoms with Crippen molar-refractivity contribution in [3.63, 3.8) is 0 Å². The van der Waals surface area contributed by atoms with Crippen LogP contribution in [0.5, 0.6) is 0 Å². The highest BCUT2D eigenvalue weighted by molar-refractivity contribution is 7.89. The molecule has 1 aromatic carbocycles. The molecule has 8 nitrogen and oxygen atoms in total. The topological polar surface area (TPSA) is 84.2 Å². The van der Waals surface area contributed by atoms with E-state index in [4.69, 9.17) is 0 Å². The minimum atomic E-state index is -3.71. The molecule has 1 aliphatic rings. The van der Waals surface area contributed by atoms with Crippen molar-refractivity contribution in [1.29, 1.82) is 0 Å². The van der Waals surface area contributed by atoms with E-state index in [0.717, 1.165) is 6.07 Å². The molecule has 0 aliphatic carbocycles. The second-order valence-corrected chi connectivity index (χ2v) is 8.01. The number of nitrogens with zero attached hydrogens (tertiary/aromatic N) is 6. The van der Waals surface area contributed by atoms with Crippen molar-refractivity contribution in [3.05, 3.63) is 60.9 Å². The number of halogens is 1. The normalized spacial score (nSPS) is 15.8. The van der Waals surface area contributed by atoms with Crippen molar-refractivity contribution in [1.82, 2.24) is 24.1 Å². The summed E-state index contributed by atoms with van der Waals surface area (Å²) in [6.07, 6.45) is 5.08. The van der Waals surface area contributed by atoms with E-state index in [1.165, 1.54) is 22.5 Å². The van der Waals surface area contributed by atoms with Gasteiger partial charge in [0.15, 0.2) is 11.6 Å². The van der Waals surface area contributed by atoms with Crippen molar-refractivity contribution >= 4 is 15.8 Å². The third kappa shape index (κ3) is 3.53.